The maximum Gasteiger partial charge on any atom is 0.120 e. The second kappa shape index (κ2) is 5.51. The van der Waals surface area contributed by atoms with Gasteiger partial charge in [0, 0.05) is 6.04 Å². The molecular formula is C8H21N3O2. The zero-order valence-electron chi connectivity index (χ0n) is 8.76. The molecule has 0 bridgehead atoms. The van der Waals surface area contributed by atoms with Crippen molar-refractivity contribution in [2.45, 2.75) is 24.7 Å². The molecule has 0 radical (unpaired) electrons. The van der Waals surface area contributed by atoms with E-state index in [1.54, 1.807) is 21.1 Å². The van der Waals surface area contributed by atoms with E-state index in [9.17, 15) is 10.2 Å². The van der Waals surface area contributed by atoms with Gasteiger partial charge in [0.25, 0.3) is 0 Å². The molecule has 5 N–H and O–H groups in total. The Hall–Kier alpha value is -0.200. The largest absolute Gasteiger partial charge is 0.393 e. The monoisotopic (exact) mass is 191 g/mol. The van der Waals surface area contributed by atoms with Crippen LogP contribution in [-0.4, -0.2) is 55.8 Å². The minimum atomic E-state index is -0.845. The van der Waals surface area contributed by atoms with Gasteiger partial charge >= 0.3 is 0 Å². The van der Waals surface area contributed by atoms with Crippen LogP contribution in [0, 0.1) is 0 Å². The molecule has 0 aliphatic carbocycles. The van der Waals surface area contributed by atoms with E-state index < -0.39 is 11.8 Å². The maximum absolute atomic E-state index is 9.88. The molecule has 0 heterocycles. The third-order valence-electron chi connectivity index (χ3n) is 2.58. The van der Waals surface area contributed by atoms with Crippen LogP contribution >= 0.6 is 0 Å². The lowest BCUT2D eigenvalue weighted by atomic mass is 9.98. The molecule has 0 saturated carbocycles. The predicted octanol–water partition coefficient (Wildman–Crippen LogP) is -1.92. The highest BCUT2D eigenvalue weighted by molar-refractivity contribution is 4.94. The lowest BCUT2D eigenvalue weighted by Gasteiger charge is -2.38. The number of hydrogen-bond acceptors (Lipinski definition) is 5. The number of hydrogen-bond donors (Lipinski definition) is 5. The minimum absolute atomic E-state index is 0.105. The Morgan fingerprint density at radius 3 is 1.92 bits per heavy atom. The molecule has 2 atom stereocenters. The fraction of sp³-hybridized carbons (Fsp3) is 1.00. The number of likely N-dealkylation sites (N-methyl/N-ethyl adjacent to an activating group) is 3. The van der Waals surface area contributed by atoms with Crippen molar-refractivity contribution < 1.29 is 10.2 Å². The third-order valence-corrected chi connectivity index (χ3v) is 2.58. The average molecular weight is 191 g/mol. The van der Waals surface area contributed by atoms with Gasteiger partial charge in [0.15, 0.2) is 0 Å². The molecule has 0 aromatic carbocycles. The van der Waals surface area contributed by atoms with Crippen LogP contribution in [0.2, 0.25) is 0 Å². The summed E-state index contributed by atoms with van der Waals surface area (Å²) in [5.41, 5.74) is -0.845. The second-order valence-electron chi connectivity index (χ2n) is 3.15. The van der Waals surface area contributed by atoms with Crippen LogP contribution in [0.3, 0.4) is 0 Å². The normalized spacial score (nSPS) is 17.1. The van der Waals surface area contributed by atoms with Crippen LogP contribution in [0.1, 0.15) is 6.92 Å². The molecule has 0 aliphatic heterocycles. The second-order valence-corrected chi connectivity index (χ2v) is 3.15. The Balaban J connectivity index is 4.52. The quantitative estimate of drug-likeness (QED) is 0.317. The van der Waals surface area contributed by atoms with Crippen LogP contribution in [0.25, 0.3) is 0 Å². The van der Waals surface area contributed by atoms with Gasteiger partial charge in [-0.05, 0) is 28.1 Å². The molecule has 5 nitrogen and oxygen atoms in total. The molecular weight excluding hydrogens is 170 g/mol. The molecule has 5 heteroatoms. The fourth-order valence-corrected chi connectivity index (χ4v) is 1.26. The van der Waals surface area contributed by atoms with Gasteiger partial charge in [0.05, 0.1) is 6.61 Å². The van der Waals surface area contributed by atoms with E-state index in [2.05, 4.69) is 16.0 Å². The van der Waals surface area contributed by atoms with E-state index in [0.29, 0.717) is 0 Å². The van der Waals surface area contributed by atoms with Crippen molar-refractivity contribution in [3.63, 3.8) is 0 Å². The van der Waals surface area contributed by atoms with Crippen molar-refractivity contribution in [2.75, 3.05) is 27.7 Å². The van der Waals surface area contributed by atoms with Crippen LogP contribution < -0.4 is 16.0 Å². The zero-order valence-corrected chi connectivity index (χ0v) is 8.76. The van der Waals surface area contributed by atoms with E-state index in [1.165, 1.54) is 0 Å². The lowest BCUT2D eigenvalue weighted by molar-refractivity contribution is -0.0112. The SMILES string of the molecule is CNC(C)C(O)C(CO)(NC)NC. The van der Waals surface area contributed by atoms with Gasteiger partial charge < -0.3 is 15.5 Å². The molecule has 0 aromatic rings. The summed E-state index contributed by atoms with van der Waals surface area (Å²) in [6.07, 6.45) is -0.711. The lowest BCUT2D eigenvalue weighted by Crippen LogP contribution is -2.68. The predicted molar refractivity (Wildman–Crippen MR) is 52.5 cm³/mol. The molecule has 2 unspecified atom stereocenters. The fourth-order valence-electron chi connectivity index (χ4n) is 1.26. The zero-order chi connectivity index (χ0) is 10.5. The summed E-state index contributed by atoms with van der Waals surface area (Å²) < 4.78 is 0. The van der Waals surface area contributed by atoms with Gasteiger partial charge in [-0.1, -0.05) is 0 Å². The van der Waals surface area contributed by atoms with E-state index in [0.717, 1.165) is 0 Å². The smallest absolute Gasteiger partial charge is 0.120 e. The molecule has 0 rings (SSSR count). The van der Waals surface area contributed by atoms with Gasteiger partial charge in [0.1, 0.15) is 11.8 Å². The first kappa shape index (κ1) is 12.8. The van der Waals surface area contributed by atoms with Crippen molar-refractivity contribution in [1.29, 1.82) is 0 Å². The van der Waals surface area contributed by atoms with E-state index in [4.69, 9.17) is 0 Å². The van der Waals surface area contributed by atoms with Crippen molar-refractivity contribution >= 4 is 0 Å². The highest BCUT2D eigenvalue weighted by atomic mass is 16.3. The molecule has 13 heavy (non-hydrogen) atoms. The third kappa shape index (κ3) is 2.62. The van der Waals surface area contributed by atoms with Gasteiger partial charge in [-0.25, -0.2) is 0 Å². The summed E-state index contributed by atoms with van der Waals surface area (Å²) in [5, 5.41) is 27.7. The van der Waals surface area contributed by atoms with Crippen molar-refractivity contribution in [2.24, 2.45) is 0 Å². The maximum atomic E-state index is 9.88. The minimum Gasteiger partial charge on any atom is -0.393 e. The van der Waals surface area contributed by atoms with Crippen molar-refractivity contribution in [3.8, 4) is 0 Å². The van der Waals surface area contributed by atoms with E-state index in [1.807, 2.05) is 6.92 Å². The topological polar surface area (TPSA) is 76.5 Å². The first-order valence-electron chi connectivity index (χ1n) is 4.42. The summed E-state index contributed by atoms with van der Waals surface area (Å²) in [4.78, 5) is 0. The van der Waals surface area contributed by atoms with Crippen LogP contribution in [0.4, 0.5) is 0 Å². The van der Waals surface area contributed by atoms with Crippen LogP contribution in [0.15, 0.2) is 0 Å². The van der Waals surface area contributed by atoms with Gasteiger partial charge in [0.2, 0.25) is 0 Å². The molecule has 0 aromatic heterocycles. The van der Waals surface area contributed by atoms with Gasteiger partial charge in [-0.3, -0.25) is 10.6 Å². The summed E-state index contributed by atoms with van der Waals surface area (Å²) in [6.45, 7) is 1.68. The first-order valence-corrected chi connectivity index (χ1v) is 4.42. The Labute approximate surface area is 79.5 Å². The number of nitrogens with one attached hydrogen (secondary N) is 3. The summed E-state index contributed by atoms with van der Waals surface area (Å²) in [6, 6.07) is -0.105. The molecule has 80 valence electrons. The first-order chi connectivity index (χ1) is 6.07. The molecule has 0 spiro atoms. The van der Waals surface area contributed by atoms with Crippen LogP contribution in [0.5, 0.6) is 0 Å². The molecule has 0 saturated heterocycles. The summed E-state index contributed by atoms with van der Waals surface area (Å²) >= 11 is 0. The van der Waals surface area contributed by atoms with Crippen LogP contribution in [-0.2, 0) is 0 Å². The highest BCUT2D eigenvalue weighted by Gasteiger charge is 2.37. The van der Waals surface area contributed by atoms with E-state index in [-0.39, 0.29) is 12.6 Å². The van der Waals surface area contributed by atoms with E-state index >= 15 is 0 Å². The Bertz CT molecular complexity index is 131. The molecule has 0 fully saturated rings. The van der Waals surface area contributed by atoms with Gasteiger partial charge in [-0.15, -0.1) is 0 Å². The Morgan fingerprint density at radius 1 is 1.23 bits per heavy atom. The number of rotatable bonds is 6. The summed E-state index contributed by atoms with van der Waals surface area (Å²) in [5.74, 6) is 0. The highest BCUT2D eigenvalue weighted by Crippen LogP contribution is 2.09. The standard InChI is InChI=1S/C8H21N3O2/c1-6(9-2)7(13)8(5-12,10-3)11-4/h6-7,9-13H,5H2,1-4H3. The average Bonchev–Trinajstić information content (AvgIpc) is 2.20. The molecule has 0 aliphatic rings. The van der Waals surface area contributed by atoms with Gasteiger partial charge in [-0.2, -0.15) is 0 Å². The number of aliphatic hydroxyl groups is 2. The Morgan fingerprint density at radius 2 is 1.69 bits per heavy atom. The Kier molecular flexibility index (Phi) is 5.43. The number of aliphatic hydroxyl groups excluding tert-OH is 2. The molecule has 0 amide bonds. The summed E-state index contributed by atoms with van der Waals surface area (Å²) in [7, 11) is 5.15. The van der Waals surface area contributed by atoms with Crippen molar-refractivity contribution in [3.05, 3.63) is 0 Å². The van der Waals surface area contributed by atoms with Crippen molar-refractivity contribution in [1.82, 2.24) is 16.0 Å².